The van der Waals surface area contributed by atoms with Crippen molar-refractivity contribution in [2.24, 2.45) is 0 Å². The molecule has 0 aliphatic carbocycles. The highest BCUT2D eigenvalue weighted by molar-refractivity contribution is 5.49. The maximum atomic E-state index is 5.63. The first kappa shape index (κ1) is 12.4. The highest BCUT2D eigenvalue weighted by atomic mass is 16.5. The predicted octanol–water partition coefficient (Wildman–Crippen LogP) is 2.97. The van der Waals surface area contributed by atoms with Crippen molar-refractivity contribution in [1.82, 2.24) is 0 Å². The van der Waals surface area contributed by atoms with Gasteiger partial charge < -0.3 is 14.2 Å². The van der Waals surface area contributed by atoms with Crippen LogP contribution < -0.4 is 14.2 Å². The number of benzene rings is 1. The van der Waals surface area contributed by atoms with Gasteiger partial charge in [-0.15, -0.1) is 0 Å². The van der Waals surface area contributed by atoms with Crippen LogP contribution in [0.3, 0.4) is 0 Å². The average Bonchev–Trinajstić information content (AvgIpc) is 2.30. The van der Waals surface area contributed by atoms with E-state index < -0.39 is 0 Å². The van der Waals surface area contributed by atoms with Crippen LogP contribution in [0.5, 0.6) is 17.2 Å². The van der Waals surface area contributed by atoms with E-state index in [2.05, 4.69) is 6.58 Å². The zero-order valence-corrected chi connectivity index (χ0v) is 10.2. The van der Waals surface area contributed by atoms with Crippen molar-refractivity contribution in [2.45, 2.75) is 20.0 Å². The quantitative estimate of drug-likeness (QED) is 0.717. The standard InChI is InChI=1S/C13H18O3/c1-6-9(2)16-11-7-12(14-4)10(3)13(8-11)15-5/h6-9H,1H2,2-5H3. The van der Waals surface area contributed by atoms with Crippen molar-refractivity contribution in [3.8, 4) is 17.2 Å². The maximum absolute atomic E-state index is 5.63. The minimum atomic E-state index is -0.0443. The first-order valence-corrected chi connectivity index (χ1v) is 5.14. The van der Waals surface area contributed by atoms with E-state index in [4.69, 9.17) is 14.2 Å². The number of ether oxygens (including phenoxy) is 3. The summed E-state index contributed by atoms with van der Waals surface area (Å²) in [5.74, 6) is 2.22. The molecule has 0 radical (unpaired) electrons. The molecule has 0 heterocycles. The summed E-state index contributed by atoms with van der Waals surface area (Å²) in [6.07, 6.45) is 1.69. The normalized spacial score (nSPS) is 11.8. The third-order valence-electron chi connectivity index (χ3n) is 2.38. The fourth-order valence-electron chi connectivity index (χ4n) is 1.39. The van der Waals surface area contributed by atoms with Crippen molar-refractivity contribution < 1.29 is 14.2 Å². The third kappa shape index (κ3) is 2.69. The summed E-state index contributed by atoms with van der Waals surface area (Å²) in [6, 6.07) is 3.69. The summed E-state index contributed by atoms with van der Waals surface area (Å²) in [5, 5.41) is 0. The van der Waals surface area contributed by atoms with E-state index in [1.165, 1.54) is 0 Å². The molecule has 0 saturated carbocycles. The molecule has 1 atom stereocenters. The Hall–Kier alpha value is -1.64. The van der Waals surface area contributed by atoms with Gasteiger partial charge >= 0.3 is 0 Å². The largest absolute Gasteiger partial charge is 0.496 e. The van der Waals surface area contributed by atoms with Crippen LogP contribution in [0.4, 0.5) is 0 Å². The van der Waals surface area contributed by atoms with Gasteiger partial charge in [-0.1, -0.05) is 12.7 Å². The molecular weight excluding hydrogens is 204 g/mol. The summed E-state index contributed by atoms with van der Waals surface area (Å²) in [5.41, 5.74) is 0.962. The first-order chi connectivity index (χ1) is 7.62. The lowest BCUT2D eigenvalue weighted by Crippen LogP contribution is -2.07. The summed E-state index contributed by atoms with van der Waals surface area (Å²) in [4.78, 5) is 0. The monoisotopic (exact) mass is 222 g/mol. The summed E-state index contributed by atoms with van der Waals surface area (Å²) < 4.78 is 16.1. The molecule has 1 aromatic carbocycles. The molecule has 0 spiro atoms. The predicted molar refractivity (Wildman–Crippen MR) is 64.6 cm³/mol. The lowest BCUT2D eigenvalue weighted by Gasteiger charge is -2.15. The van der Waals surface area contributed by atoms with Gasteiger partial charge in [0.2, 0.25) is 0 Å². The Labute approximate surface area is 96.6 Å². The number of hydrogen-bond acceptors (Lipinski definition) is 3. The van der Waals surface area contributed by atoms with Gasteiger partial charge in [-0.05, 0) is 13.8 Å². The van der Waals surface area contributed by atoms with Gasteiger partial charge in [-0.3, -0.25) is 0 Å². The zero-order valence-electron chi connectivity index (χ0n) is 10.2. The second kappa shape index (κ2) is 5.45. The fraction of sp³-hybridized carbons (Fsp3) is 0.385. The Bertz CT molecular complexity index is 346. The van der Waals surface area contributed by atoms with Crippen LogP contribution in [0.2, 0.25) is 0 Å². The molecule has 0 fully saturated rings. The van der Waals surface area contributed by atoms with Gasteiger partial charge in [-0.2, -0.15) is 0 Å². The van der Waals surface area contributed by atoms with Crippen molar-refractivity contribution in [3.05, 3.63) is 30.4 Å². The minimum absolute atomic E-state index is 0.0443. The van der Waals surface area contributed by atoms with Crippen LogP contribution in [-0.4, -0.2) is 20.3 Å². The van der Waals surface area contributed by atoms with Gasteiger partial charge in [0.05, 0.1) is 14.2 Å². The molecule has 16 heavy (non-hydrogen) atoms. The Morgan fingerprint density at radius 2 is 1.69 bits per heavy atom. The second-order valence-corrected chi connectivity index (χ2v) is 3.51. The Morgan fingerprint density at radius 1 is 1.19 bits per heavy atom. The Balaban J connectivity index is 3.06. The molecule has 0 N–H and O–H groups in total. The van der Waals surface area contributed by atoms with Crippen molar-refractivity contribution >= 4 is 0 Å². The number of methoxy groups -OCH3 is 2. The Kier molecular flexibility index (Phi) is 4.23. The van der Waals surface area contributed by atoms with E-state index in [1.54, 1.807) is 20.3 Å². The van der Waals surface area contributed by atoms with Crippen LogP contribution in [0.1, 0.15) is 12.5 Å². The molecule has 0 bridgehead atoms. The van der Waals surface area contributed by atoms with Crippen LogP contribution in [0, 0.1) is 6.92 Å². The van der Waals surface area contributed by atoms with Gasteiger partial charge in [0.15, 0.2) is 0 Å². The van der Waals surface area contributed by atoms with Crippen LogP contribution in [-0.2, 0) is 0 Å². The minimum Gasteiger partial charge on any atom is -0.496 e. The fourth-order valence-corrected chi connectivity index (χ4v) is 1.39. The maximum Gasteiger partial charge on any atom is 0.129 e. The molecule has 1 aromatic rings. The molecule has 3 nitrogen and oxygen atoms in total. The van der Waals surface area contributed by atoms with Gasteiger partial charge in [-0.25, -0.2) is 0 Å². The molecular formula is C13H18O3. The summed E-state index contributed by atoms with van der Waals surface area (Å²) in [6.45, 7) is 7.54. The van der Waals surface area contributed by atoms with E-state index in [9.17, 15) is 0 Å². The molecule has 0 amide bonds. The lowest BCUT2D eigenvalue weighted by molar-refractivity contribution is 0.266. The molecule has 3 heteroatoms. The van der Waals surface area contributed by atoms with Crippen LogP contribution >= 0.6 is 0 Å². The van der Waals surface area contributed by atoms with E-state index in [1.807, 2.05) is 26.0 Å². The van der Waals surface area contributed by atoms with Crippen LogP contribution in [0.15, 0.2) is 24.8 Å². The highest BCUT2D eigenvalue weighted by Crippen LogP contribution is 2.33. The van der Waals surface area contributed by atoms with Crippen molar-refractivity contribution in [3.63, 3.8) is 0 Å². The van der Waals surface area contributed by atoms with E-state index >= 15 is 0 Å². The summed E-state index contributed by atoms with van der Waals surface area (Å²) >= 11 is 0. The number of hydrogen-bond donors (Lipinski definition) is 0. The van der Waals surface area contributed by atoms with E-state index in [0.717, 1.165) is 17.1 Å². The van der Waals surface area contributed by atoms with E-state index in [-0.39, 0.29) is 6.10 Å². The highest BCUT2D eigenvalue weighted by Gasteiger charge is 2.10. The third-order valence-corrected chi connectivity index (χ3v) is 2.38. The van der Waals surface area contributed by atoms with Gasteiger partial charge in [0.25, 0.3) is 0 Å². The molecule has 1 unspecified atom stereocenters. The lowest BCUT2D eigenvalue weighted by atomic mass is 10.2. The summed E-state index contributed by atoms with van der Waals surface area (Å²) in [7, 11) is 3.25. The molecule has 0 saturated heterocycles. The Morgan fingerprint density at radius 3 is 2.06 bits per heavy atom. The smallest absolute Gasteiger partial charge is 0.129 e. The second-order valence-electron chi connectivity index (χ2n) is 3.51. The average molecular weight is 222 g/mol. The van der Waals surface area contributed by atoms with Gasteiger partial charge in [0.1, 0.15) is 23.4 Å². The first-order valence-electron chi connectivity index (χ1n) is 5.14. The molecule has 88 valence electrons. The molecule has 0 aliphatic heterocycles. The molecule has 0 aromatic heterocycles. The SMILES string of the molecule is C=CC(C)Oc1cc(OC)c(C)c(OC)c1. The topological polar surface area (TPSA) is 27.7 Å². The van der Waals surface area contributed by atoms with Crippen LogP contribution in [0.25, 0.3) is 0 Å². The molecule has 1 rings (SSSR count). The molecule has 0 aliphatic rings. The number of rotatable bonds is 5. The van der Waals surface area contributed by atoms with Gasteiger partial charge in [0, 0.05) is 17.7 Å². The van der Waals surface area contributed by atoms with E-state index in [0.29, 0.717) is 5.75 Å². The van der Waals surface area contributed by atoms with Crippen molar-refractivity contribution in [2.75, 3.05) is 14.2 Å². The zero-order chi connectivity index (χ0) is 12.1. The van der Waals surface area contributed by atoms with Crippen molar-refractivity contribution in [1.29, 1.82) is 0 Å².